The molecule has 1 heterocycles. The first kappa shape index (κ1) is 34.4. The average molecular weight is 593 g/mol. The number of nitrogens with zero attached hydrogens (tertiary/aromatic N) is 1. The molecule has 0 aliphatic carbocycles. The molecule has 0 saturated heterocycles. The average Bonchev–Trinajstić information content (AvgIpc) is 3.22. The molecule has 4 rings (SSSR count). The van der Waals surface area contributed by atoms with Crippen LogP contribution in [0.5, 0.6) is 5.75 Å². The van der Waals surface area contributed by atoms with Crippen molar-refractivity contribution in [2.75, 3.05) is 6.61 Å². The minimum atomic E-state index is -1.04. The molecule has 0 unspecified atom stereocenters. The number of amides is 1. The van der Waals surface area contributed by atoms with Crippen molar-refractivity contribution in [1.29, 1.82) is 0 Å². The lowest BCUT2D eigenvalue weighted by Gasteiger charge is -2.19. The van der Waals surface area contributed by atoms with Crippen molar-refractivity contribution in [3.05, 3.63) is 99.2 Å². The van der Waals surface area contributed by atoms with Gasteiger partial charge in [0.15, 0.2) is 6.61 Å². The van der Waals surface area contributed by atoms with Crippen LogP contribution in [0.25, 0.3) is 10.9 Å². The van der Waals surface area contributed by atoms with Crippen molar-refractivity contribution >= 4 is 34.4 Å². The van der Waals surface area contributed by atoms with Gasteiger partial charge in [-0.15, -0.1) is 0 Å². The smallest absolute Gasteiger partial charge is 0.341 e. The number of carboxylic acids is 1. The maximum Gasteiger partial charge on any atom is 0.341 e. The molecule has 0 atom stereocenters. The highest BCUT2D eigenvalue weighted by molar-refractivity contribution is 6.31. The van der Waals surface area contributed by atoms with Gasteiger partial charge in [0.2, 0.25) is 0 Å². The van der Waals surface area contributed by atoms with E-state index in [-0.39, 0.29) is 11.3 Å². The fraction of sp³-hybridized carbons (Fsp3) is 0.371. The lowest BCUT2D eigenvalue weighted by atomic mass is 9.87. The minimum absolute atomic E-state index is 0.0891. The number of hydrogen-bond donors (Lipinski definition) is 2. The molecule has 226 valence electrons. The maximum absolute atomic E-state index is 13.0. The first-order chi connectivity index (χ1) is 19.9. The Balaban J connectivity index is 0.00000148. The molecule has 0 spiro atoms. The zero-order valence-corrected chi connectivity index (χ0v) is 27.1. The standard InChI is InChI=1S/C31H33ClN2O4.2C2H6/c1-19-20(2)34(17-23-14-25(11-12-27(23)32)38-18-29(35)36)28-13-8-22(15-26(19)28)30(37)33-16-21-6-9-24(10-7-21)31(3,4)5;2*1-2/h6-15H,16-18H2,1-5H3,(H,33,37)(H,35,36);2*1-2H3. The van der Waals surface area contributed by atoms with Gasteiger partial charge in [0.05, 0.1) is 0 Å². The van der Waals surface area contributed by atoms with Crippen molar-refractivity contribution in [3.63, 3.8) is 0 Å². The number of rotatable bonds is 8. The number of ether oxygens (including phenoxy) is 1. The summed E-state index contributed by atoms with van der Waals surface area (Å²) >= 11 is 6.46. The zero-order valence-electron chi connectivity index (χ0n) is 26.4. The van der Waals surface area contributed by atoms with Crippen LogP contribution < -0.4 is 10.1 Å². The highest BCUT2D eigenvalue weighted by Crippen LogP contribution is 2.30. The highest BCUT2D eigenvalue weighted by atomic mass is 35.5. The number of nitrogens with one attached hydrogen (secondary N) is 1. The molecule has 0 radical (unpaired) electrons. The number of carboxylic acid groups (broad SMARTS) is 1. The van der Waals surface area contributed by atoms with Crippen LogP contribution in [0.1, 0.15) is 86.8 Å². The number of carbonyl (C=O) groups is 2. The van der Waals surface area contributed by atoms with Gasteiger partial charge >= 0.3 is 5.97 Å². The van der Waals surface area contributed by atoms with Gasteiger partial charge in [-0.2, -0.15) is 0 Å². The minimum Gasteiger partial charge on any atom is -0.482 e. The third-order valence-electron chi connectivity index (χ3n) is 6.88. The molecule has 2 N–H and O–H groups in total. The Bertz CT molecular complexity index is 1500. The molecular weight excluding hydrogens is 548 g/mol. The van der Waals surface area contributed by atoms with Gasteiger partial charge in [0.1, 0.15) is 5.75 Å². The van der Waals surface area contributed by atoms with Gasteiger partial charge in [-0.3, -0.25) is 4.79 Å². The van der Waals surface area contributed by atoms with E-state index in [4.69, 9.17) is 21.4 Å². The Kier molecular flexibility index (Phi) is 12.7. The van der Waals surface area contributed by atoms with E-state index in [0.29, 0.717) is 29.4 Å². The summed E-state index contributed by atoms with van der Waals surface area (Å²) in [5.74, 6) is -0.713. The molecule has 4 aromatic rings. The number of halogens is 1. The number of aromatic nitrogens is 1. The van der Waals surface area contributed by atoms with Crippen LogP contribution in [-0.4, -0.2) is 28.2 Å². The third kappa shape index (κ3) is 8.62. The second-order valence-electron chi connectivity index (χ2n) is 10.6. The SMILES string of the molecule is CC.CC.Cc1c(C)n(Cc2cc(OCC(=O)O)ccc2Cl)c2ccc(C(=O)NCc3ccc(C(C)(C)C)cc3)cc12. The predicted octanol–water partition coefficient (Wildman–Crippen LogP) is 8.70. The van der Waals surface area contributed by atoms with E-state index in [9.17, 15) is 9.59 Å². The molecule has 0 aliphatic rings. The molecule has 1 amide bonds. The Morgan fingerprint density at radius 1 is 0.929 bits per heavy atom. The van der Waals surface area contributed by atoms with Gasteiger partial charge < -0.3 is 19.7 Å². The fourth-order valence-electron chi connectivity index (χ4n) is 4.48. The van der Waals surface area contributed by atoms with E-state index in [0.717, 1.165) is 33.3 Å². The van der Waals surface area contributed by atoms with Gasteiger partial charge in [0, 0.05) is 40.3 Å². The molecule has 0 aliphatic heterocycles. The first-order valence-corrected chi connectivity index (χ1v) is 14.9. The normalized spacial score (nSPS) is 10.7. The van der Waals surface area contributed by atoms with Crippen LogP contribution in [0.3, 0.4) is 0 Å². The molecule has 42 heavy (non-hydrogen) atoms. The van der Waals surface area contributed by atoms with Crippen molar-refractivity contribution in [2.45, 2.75) is 80.8 Å². The quantitative estimate of drug-likeness (QED) is 0.214. The van der Waals surface area contributed by atoms with Crippen molar-refractivity contribution in [2.24, 2.45) is 0 Å². The summed E-state index contributed by atoms with van der Waals surface area (Å²) in [7, 11) is 0. The first-order valence-electron chi connectivity index (χ1n) is 14.5. The number of carbonyl (C=O) groups excluding carboxylic acids is 1. The summed E-state index contributed by atoms with van der Waals surface area (Å²) < 4.78 is 7.47. The van der Waals surface area contributed by atoms with Crippen LogP contribution in [-0.2, 0) is 23.3 Å². The number of fused-ring (bicyclic) bond motifs is 1. The van der Waals surface area contributed by atoms with Crippen LogP contribution in [0.4, 0.5) is 0 Å². The van der Waals surface area contributed by atoms with Gasteiger partial charge in [0.25, 0.3) is 5.91 Å². The van der Waals surface area contributed by atoms with Crippen LogP contribution in [0, 0.1) is 13.8 Å². The van der Waals surface area contributed by atoms with E-state index in [2.05, 4.69) is 54.9 Å². The van der Waals surface area contributed by atoms with Crippen LogP contribution >= 0.6 is 11.6 Å². The maximum atomic E-state index is 13.0. The largest absolute Gasteiger partial charge is 0.482 e. The zero-order chi connectivity index (χ0) is 31.6. The summed E-state index contributed by atoms with van der Waals surface area (Å²) in [6.07, 6.45) is 0. The number of benzene rings is 3. The molecule has 3 aromatic carbocycles. The van der Waals surface area contributed by atoms with E-state index in [1.807, 2.05) is 59.7 Å². The lowest BCUT2D eigenvalue weighted by molar-refractivity contribution is -0.139. The van der Waals surface area contributed by atoms with Gasteiger partial charge in [-0.05, 0) is 77.9 Å². The highest BCUT2D eigenvalue weighted by Gasteiger charge is 2.16. The molecule has 0 fully saturated rings. The summed E-state index contributed by atoms with van der Waals surface area (Å²) in [5.41, 5.74) is 6.95. The Morgan fingerprint density at radius 3 is 2.17 bits per heavy atom. The second kappa shape index (κ2) is 15.5. The van der Waals surface area contributed by atoms with Crippen molar-refractivity contribution in [3.8, 4) is 5.75 Å². The molecule has 0 bridgehead atoms. The molecular formula is C35H45ClN2O4. The van der Waals surface area contributed by atoms with E-state index in [1.54, 1.807) is 18.2 Å². The Morgan fingerprint density at radius 2 is 1.57 bits per heavy atom. The second-order valence-corrected chi connectivity index (χ2v) is 11.0. The number of aryl methyl sites for hydroxylation is 1. The number of hydrogen-bond acceptors (Lipinski definition) is 3. The predicted molar refractivity (Wildman–Crippen MR) is 174 cm³/mol. The summed E-state index contributed by atoms with van der Waals surface area (Å²) in [4.78, 5) is 23.8. The molecule has 6 nitrogen and oxygen atoms in total. The van der Waals surface area contributed by atoms with E-state index >= 15 is 0 Å². The monoisotopic (exact) mass is 592 g/mol. The Hall–Kier alpha value is -3.77. The van der Waals surface area contributed by atoms with Gasteiger partial charge in [-0.25, -0.2) is 4.79 Å². The topological polar surface area (TPSA) is 80.6 Å². The van der Waals surface area contributed by atoms with Crippen LogP contribution in [0.2, 0.25) is 5.02 Å². The number of aliphatic carboxylic acids is 1. The molecule has 7 heteroatoms. The van der Waals surface area contributed by atoms with Crippen LogP contribution in [0.15, 0.2) is 60.7 Å². The summed E-state index contributed by atoms with van der Waals surface area (Å²) in [6, 6.07) is 19.2. The van der Waals surface area contributed by atoms with E-state index < -0.39 is 12.6 Å². The van der Waals surface area contributed by atoms with Crippen molar-refractivity contribution < 1.29 is 19.4 Å². The summed E-state index contributed by atoms with van der Waals surface area (Å²) in [5, 5.41) is 13.5. The lowest BCUT2D eigenvalue weighted by Crippen LogP contribution is -2.22. The third-order valence-corrected chi connectivity index (χ3v) is 7.25. The Labute approximate surface area is 255 Å². The fourth-order valence-corrected chi connectivity index (χ4v) is 4.66. The molecule has 1 aromatic heterocycles. The summed E-state index contributed by atoms with van der Waals surface area (Å²) in [6.45, 7) is 19.1. The van der Waals surface area contributed by atoms with E-state index in [1.165, 1.54) is 5.56 Å². The van der Waals surface area contributed by atoms with Crippen molar-refractivity contribution in [1.82, 2.24) is 9.88 Å². The van der Waals surface area contributed by atoms with Gasteiger partial charge in [-0.1, -0.05) is 84.3 Å². The molecule has 0 saturated carbocycles.